The van der Waals surface area contributed by atoms with Gasteiger partial charge >= 0.3 is 0 Å². The van der Waals surface area contributed by atoms with Crippen LogP contribution in [-0.4, -0.2) is 39.3 Å². The van der Waals surface area contributed by atoms with Crippen molar-refractivity contribution in [1.29, 1.82) is 0 Å². The Morgan fingerprint density at radius 3 is 2.71 bits per heavy atom. The molecule has 17 heavy (non-hydrogen) atoms. The van der Waals surface area contributed by atoms with Crippen molar-refractivity contribution in [3.8, 4) is 0 Å². The van der Waals surface area contributed by atoms with Crippen LogP contribution in [0.2, 0.25) is 0 Å². The second-order valence-electron chi connectivity index (χ2n) is 4.29. The van der Waals surface area contributed by atoms with E-state index in [-0.39, 0.29) is 6.10 Å². The van der Waals surface area contributed by atoms with Gasteiger partial charge in [-0.1, -0.05) is 0 Å². The SMILES string of the molecule is OC1CCN(c2ccc3nccnc3n2)CC1. The average molecular weight is 230 g/mol. The van der Waals surface area contributed by atoms with Crippen molar-refractivity contribution in [2.24, 2.45) is 0 Å². The summed E-state index contributed by atoms with van der Waals surface area (Å²) in [5.74, 6) is 0.921. The zero-order valence-corrected chi connectivity index (χ0v) is 9.45. The molecule has 0 spiro atoms. The molecule has 0 aromatic carbocycles. The van der Waals surface area contributed by atoms with Gasteiger partial charge in [-0.2, -0.15) is 0 Å². The molecule has 1 saturated heterocycles. The number of pyridine rings is 1. The quantitative estimate of drug-likeness (QED) is 0.791. The molecular weight excluding hydrogens is 216 g/mol. The molecule has 3 rings (SSSR count). The van der Waals surface area contributed by atoms with Gasteiger partial charge in [0.2, 0.25) is 0 Å². The predicted molar refractivity (Wildman–Crippen MR) is 64.8 cm³/mol. The number of aliphatic hydroxyl groups excluding tert-OH is 1. The van der Waals surface area contributed by atoms with E-state index in [1.807, 2.05) is 12.1 Å². The van der Waals surface area contributed by atoms with E-state index in [4.69, 9.17) is 0 Å². The van der Waals surface area contributed by atoms with Crippen LogP contribution in [0.25, 0.3) is 11.2 Å². The van der Waals surface area contributed by atoms with Crippen molar-refractivity contribution in [3.63, 3.8) is 0 Å². The van der Waals surface area contributed by atoms with Crippen molar-refractivity contribution in [3.05, 3.63) is 24.5 Å². The van der Waals surface area contributed by atoms with E-state index in [1.165, 1.54) is 0 Å². The van der Waals surface area contributed by atoms with Gasteiger partial charge < -0.3 is 10.0 Å². The van der Waals surface area contributed by atoms with Crippen LogP contribution in [0.15, 0.2) is 24.5 Å². The van der Waals surface area contributed by atoms with Crippen molar-refractivity contribution >= 4 is 17.0 Å². The van der Waals surface area contributed by atoms with Gasteiger partial charge in [-0.25, -0.2) is 9.97 Å². The first-order valence-electron chi connectivity index (χ1n) is 5.84. The highest BCUT2D eigenvalue weighted by molar-refractivity contribution is 5.71. The van der Waals surface area contributed by atoms with Gasteiger partial charge in [0, 0.05) is 25.5 Å². The summed E-state index contributed by atoms with van der Waals surface area (Å²) in [7, 11) is 0. The molecule has 0 radical (unpaired) electrons. The predicted octanol–water partition coefficient (Wildman–Crippen LogP) is 0.986. The van der Waals surface area contributed by atoms with E-state index < -0.39 is 0 Å². The molecule has 0 aliphatic carbocycles. The molecule has 2 aromatic heterocycles. The Bertz CT molecular complexity index is 523. The molecule has 1 aliphatic rings. The van der Waals surface area contributed by atoms with E-state index in [1.54, 1.807) is 12.4 Å². The van der Waals surface area contributed by atoms with Crippen LogP contribution in [0.1, 0.15) is 12.8 Å². The maximum Gasteiger partial charge on any atom is 0.180 e. The van der Waals surface area contributed by atoms with Crippen molar-refractivity contribution < 1.29 is 5.11 Å². The topological polar surface area (TPSA) is 62.1 Å². The number of hydrogen-bond donors (Lipinski definition) is 1. The molecule has 0 atom stereocenters. The first-order valence-corrected chi connectivity index (χ1v) is 5.84. The smallest absolute Gasteiger partial charge is 0.180 e. The minimum absolute atomic E-state index is 0.161. The first-order chi connectivity index (χ1) is 8.33. The van der Waals surface area contributed by atoms with E-state index >= 15 is 0 Å². The molecule has 5 nitrogen and oxygen atoms in total. The Morgan fingerprint density at radius 1 is 1.12 bits per heavy atom. The Hall–Kier alpha value is -1.75. The third-order valence-corrected chi connectivity index (χ3v) is 3.11. The monoisotopic (exact) mass is 230 g/mol. The number of piperidine rings is 1. The Kier molecular flexibility index (Phi) is 2.60. The molecule has 5 heteroatoms. The minimum Gasteiger partial charge on any atom is -0.393 e. The molecule has 1 fully saturated rings. The highest BCUT2D eigenvalue weighted by atomic mass is 16.3. The van der Waals surface area contributed by atoms with Gasteiger partial charge in [-0.3, -0.25) is 4.98 Å². The fourth-order valence-electron chi connectivity index (χ4n) is 2.12. The molecule has 0 bridgehead atoms. The van der Waals surface area contributed by atoms with E-state index in [2.05, 4.69) is 19.9 Å². The number of rotatable bonds is 1. The lowest BCUT2D eigenvalue weighted by molar-refractivity contribution is 0.145. The summed E-state index contributed by atoms with van der Waals surface area (Å²) < 4.78 is 0. The summed E-state index contributed by atoms with van der Waals surface area (Å²) >= 11 is 0. The fourth-order valence-corrected chi connectivity index (χ4v) is 2.12. The zero-order valence-electron chi connectivity index (χ0n) is 9.45. The van der Waals surface area contributed by atoms with E-state index in [0.717, 1.165) is 37.3 Å². The number of aromatic nitrogens is 3. The summed E-state index contributed by atoms with van der Waals surface area (Å²) in [6, 6.07) is 3.91. The molecule has 88 valence electrons. The zero-order chi connectivity index (χ0) is 11.7. The van der Waals surface area contributed by atoms with Crippen LogP contribution >= 0.6 is 0 Å². The molecule has 0 saturated carbocycles. The number of anilines is 1. The molecule has 0 amide bonds. The van der Waals surface area contributed by atoms with Gasteiger partial charge in [0.1, 0.15) is 11.3 Å². The van der Waals surface area contributed by atoms with Gasteiger partial charge in [0.25, 0.3) is 0 Å². The van der Waals surface area contributed by atoms with Crippen molar-refractivity contribution in [1.82, 2.24) is 15.0 Å². The Morgan fingerprint density at radius 2 is 1.88 bits per heavy atom. The highest BCUT2D eigenvalue weighted by Crippen LogP contribution is 2.19. The lowest BCUT2D eigenvalue weighted by atomic mass is 10.1. The molecule has 1 N–H and O–H groups in total. The summed E-state index contributed by atoms with van der Waals surface area (Å²) in [6.45, 7) is 1.69. The molecular formula is C12H14N4O. The number of hydrogen-bond acceptors (Lipinski definition) is 5. The average Bonchev–Trinajstić information content (AvgIpc) is 2.39. The summed E-state index contributed by atoms with van der Waals surface area (Å²) in [6.07, 6.45) is 4.77. The third kappa shape index (κ3) is 2.06. The van der Waals surface area contributed by atoms with Crippen LogP contribution in [0.4, 0.5) is 5.82 Å². The van der Waals surface area contributed by atoms with Crippen LogP contribution in [0, 0.1) is 0 Å². The normalized spacial score (nSPS) is 17.6. The van der Waals surface area contributed by atoms with Crippen LogP contribution in [0.3, 0.4) is 0 Å². The number of aliphatic hydroxyl groups is 1. The van der Waals surface area contributed by atoms with Gasteiger partial charge in [0.05, 0.1) is 6.10 Å². The molecule has 0 unspecified atom stereocenters. The standard InChI is InChI=1S/C12H14N4O/c17-9-3-7-16(8-4-9)11-2-1-10-12(15-11)14-6-5-13-10/h1-2,5-6,9,17H,3-4,7-8H2. The first kappa shape index (κ1) is 10.4. The van der Waals surface area contributed by atoms with Crippen LogP contribution in [0.5, 0.6) is 0 Å². The molecule has 2 aromatic rings. The molecule has 3 heterocycles. The van der Waals surface area contributed by atoms with E-state index in [0.29, 0.717) is 5.65 Å². The second kappa shape index (κ2) is 4.25. The third-order valence-electron chi connectivity index (χ3n) is 3.11. The largest absolute Gasteiger partial charge is 0.393 e. The maximum atomic E-state index is 9.48. The van der Waals surface area contributed by atoms with Gasteiger partial charge in [-0.15, -0.1) is 0 Å². The highest BCUT2D eigenvalue weighted by Gasteiger charge is 2.18. The molecule has 1 aliphatic heterocycles. The summed E-state index contributed by atoms with van der Waals surface area (Å²) in [4.78, 5) is 15.1. The van der Waals surface area contributed by atoms with Gasteiger partial charge in [0.15, 0.2) is 5.65 Å². The summed E-state index contributed by atoms with van der Waals surface area (Å²) in [5, 5.41) is 9.48. The lowest BCUT2D eigenvalue weighted by Gasteiger charge is -2.30. The van der Waals surface area contributed by atoms with Crippen molar-refractivity contribution in [2.45, 2.75) is 18.9 Å². The Balaban J connectivity index is 1.90. The second-order valence-corrected chi connectivity index (χ2v) is 4.29. The summed E-state index contributed by atoms with van der Waals surface area (Å²) in [5.41, 5.74) is 1.49. The van der Waals surface area contributed by atoms with Gasteiger partial charge in [-0.05, 0) is 25.0 Å². The van der Waals surface area contributed by atoms with Crippen LogP contribution < -0.4 is 4.90 Å². The van der Waals surface area contributed by atoms with Crippen molar-refractivity contribution in [2.75, 3.05) is 18.0 Å². The Labute approximate surface area is 99.1 Å². The van der Waals surface area contributed by atoms with Crippen LogP contribution in [-0.2, 0) is 0 Å². The number of fused-ring (bicyclic) bond motifs is 1. The fraction of sp³-hybridized carbons (Fsp3) is 0.417. The maximum absolute atomic E-state index is 9.48. The lowest BCUT2D eigenvalue weighted by Crippen LogP contribution is -2.36. The minimum atomic E-state index is -0.161. The van der Waals surface area contributed by atoms with E-state index in [9.17, 15) is 5.11 Å². The number of nitrogens with zero attached hydrogens (tertiary/aromatic N) is 4.